The van der Waals surface area contributed by atoms with Crippen LogP contribution in [0, 0.1) is 0 Å². The van der Waals surface area contributed by atoms with Gasteiger partial charge in [0.1, 0.15) is 0 Å². The van der Waals surface area contributed by atoms with Crippen LogP contribution < -0.4 is 4.90 Å². The largest absolute Gasteiger partial charge is 0.369 e. The maximum absolute atomic E-state index is 6.31. The minimum atomic E-state index is 0.797. The predicted octanol–water partition coefficient (Wildman–Crippen LogP) is 4.87. The fourth-order valence-electron chi connectivity index (χ4n) is 2.03. The highest BCUT2D eigenvalue weighted by atomic mass is 79.9. The molecule has 0 amide bonds. The molecule has 3 heteroatoms. The summed E-state index contributed by atoms with van der Waals surface area (Å²) in [5.74, 6) is 0. The highest BCUT2D eigenvalue weighted by Gasteiger charge is 2.11. The van der Waals surface area contributed by atoms with E-state index < -0.39 is 0 Å². The maximum atomic E-state index is 6.31. The highest BCUT2D eigenvalue weighted by molar-refractivity contribution is 9.08. The van der Waals surface area contributed by atoms with E-state index in [0.717, 1.165) is 22.6 Å². The Labute approximate surface area is 122 Å². The van der Waals surface area contributed by atoms with Crippen LogP contribution >= 0.6 is 27.5 Å². The van der Waals surface area contributed by atoms with E-state index in [1.54, 1.807) is 0 Å². The molecule has 0 aliphatic heterocycles. The summed E-state index contributed by atoms with van der Waals surface area (Å²) in [5, 5.41) is 1.60. The summed E-state index contributed by atoms with van der Waals surface area (Å²) in [5.41, 5.74) is 3.58. The Morgan fingerprint density at radius 1 is 1.06 bits per heavy atom. The third-order valence-electron chi connectivity index (χ3n) is 2.86. The molecule has 0 atom stereocenters. The van der Waals surface area contributed by atoms with Gasteiger partial charge >= 0.3 is 0 Å². The monoisotopic (exact) mass is 323 g/mol. The molecule has 0 fully saturated rings. The first-order chi connectivity index (χ1) is 8.72. The van der Waals surface area contributed by atoms with Crippen LogP contribution in [0.25, 0.3) is 0 Å². The van der Waals surface area contributed by atoms with Crippen molar-refractivity contribution in [1.29, 1.82) is 0 Å². The molecule has 94 valence electrons. The summed E-state index contributed by atoms with van der Waals surface area (Å²) >= 11 is 9.82. The van der Waals surface area contributed by atoms with E-state index in [1.165, 1.54) is 11.1 Å². The molecule has 0 aromatic heterocycles. The molecule has 1 nitrogen and oxygen atoms in total. The minimum absolute atomic E-state index is 0.797. The van der Waals surface area contributed by atoms with Crippen molar-refractivity contribution < 1.29 is 0 Å². The molecule has 0 aliphatic carbocycles. The van der Waals surface area contributed by atoms with Gasteiger partial charge in [-0.3, -0.25) is 0 Å². The summed E-state index contributed by atoms with van der Waals surface area (Å²) in [6.07, 6.45) is 0. The van der Waals surface area contributed by atoms with Crippen LogP contribution in [-0.2, 0) is 11.9 Å². The van der Waals surface area contributed by atoms with Crippen molar-refractivity contribution in [3.8, 4) is 0 Å². The van der Waals surface area contributed by atoms with Crippen molar-refractivity contribution in [2.45, 2.75) is 11.9 Å². The van der Waals surface area contributed by atoms with Gasteiger partial charge in [0, 0.05) is 18.9 Å². The van der Waals surface area contributed by atoms with Crippen molar-refractivity contribution >= 4 is 33.2 Å². The Morgan fingerprint density at radius 2 is 1.78 bits per heavy atom. The molecule has 2 rings (SSSR count). The Morgan fingerprint density at radius 3 is 2.44 bits per heavy atom. The van der Waals surface area contributed by atoms with Gasteiger partial charge in [0.25, 0.3) is 0 Å². The van der Waals surface area contributed by atoms with Crippen molar-refractivity contribution in [3.63, 3.8) is 0 Å². The topological polar surface area (TPSA) is 3.24 Å². The van der Waals surface area contributed by atoms with Crippen LogP contribution in [0.15, 0.2) is 48.5 Å². The van der Waals surface area contributed by atoms with Crippen LogP contribution in [0.1, 0.15) is 11.1 Å². The lowest BCUT2D eigenvalue weighted by molar-refractivity contribution is 0.917. The highest BCUT2D eigenvalue weighted by Crippen LogP contribution is 2.31. The quantitative estimate of drug-likeness (QED) is 0.725. The second-order valence-electron chi connectivity index (χ2n) is 4.22. The summed E-state index contributed by atoms with van der Waals surface area (Å²) in [7, 11) is 2.07. The van der Waals surface area contributed by atoms with Crippen LogP contribution in [0.4, 0.5) is 5.69 Å². The van der Waals surface area contributed by atoms with Crippen LogP contribution in [0.5, 0.6) is 0 Å². The zero-order valence-electron chi connectivity index (χ0n) is 10.2. The molecule has 0 aliphatic rings. The second kappa shape index (κ2) is 6.26. The van der Waals surface area contributed by atoms with Gasteiger partial charge in [-0.25, -0.2) is 0 Å². The number of halogens is 2. The molecule has 0 spiro atoms. The predicted molar refractivity (Wildman–Crippen MR) is 82.6 cm³/mol. The third-order valence-corrected chi connectivity index (χ3v) is 3.77. The van der Waals surface area contributed by atoms with Crippen molar-refractivity contribution in [3.05, 3.63) is 64.7 Å². The van der Waals surface area contributed by atoms with Crippen molar-refractivity contribution in [2.24, 2.45) is 0 Å². The fraction of sp³-hybridized carbons (Fsp3) is 0.200. The van der Waals surface area contributed by atoms with Crippen LogP contribution in [-0.4, -0.2) is 7.05 Å². The van der Waals surface area contributed by atoms with E-state index in [0.29, 0.717) is 0 Å². The fourth-order valence-corrected chi connectivity index (χ4v) is 2.82. The van der Waals surface area contributed by atoms with Gasteiger partial charge in [-0.15, -0.1) is 0 Å². The van der Waals surface area contributed by atoms with Gasteiger partial charge in [-0.1, -0.05) is 70.0 Å². The number of benzene rings is 2. The summed E-state index contributed by atoms with van der Waals surface area (Å²) < 4.78 is 0. The first-order valence-electron chi connectivity index (χ1n) is 5.81. The molecule has 0 saturated carbocycles. The molecular weight excluding hydrogens is 310 g/mol. The normalized spacial score (nSPS) is 10.4. The molecule has 0 heterocycles. The summed E-state index contributed by atoms with van der Waals surface area (Å²) in [4.78, 5) is 2.19. The second-order valence-corrected chi connectivity index (χ2v) is 5.19. The minimum Gasteiger partial charge on any atom is -0.369 e. The number of anilines is 1. The smallest absolute Gasteiger partial charge is 0.0642 e. The lowest BCUT2D eigenvalue weighted by Crippen LogP contribution is -2.18. The van der Waals surface area contributed by atoms with E-state index in [9.17, 15) is 0 Å². The molecule has 0 saturated heterocycles. The SMILES string of the molecule is CN(Cc1ccccc1)c1c(Cl)cccc1CBr. The number of hydrogen-bond donors (Lipinski definition) is 0. The standard InChI is InChI=1S/C15H15BrClN/c1-18(11-12-6-3-2-4-7-12)15-13(10-16)8-5-9-14(15)17/h2-9H,10-11H2,1H3. The third kappa shape index (κ3) is 3.06. The zero-order valence-corrected chi connectivity index (χ0v) is 12.6. The lowest BCUT2D eigenvalue weighted by atomic mass is 10.1. The lowest BCUT2D eigenvalue weighted by Gasteiger charge is -2.23. The molecular formula is C15H15BrClN. The average molecular weight is 325 g/mol. The number of nitrogens with zero attached hydrogens (tertiary/aromatic N) is 1. The molecule has 0 bridgehead atoms. The van der Waals surface area contributed by atoms with Gasteiger partial charge in [0.05, 0.1) is 10.7 Å². The number of alkyl halides is 1. The van der Waals surface area contributed by atoms with E-state index in [4.69, 9.17) is 11.6 Å². The zero-order chi connectivity index (χ0) is 13.0. The molecule has 0 N–H and O–H groups in total. The summed E-state index contributed by atoms with van der Waals surface area (Å²) in [6.45, 7) is 0.852. The van der Waals surface area contributed by atoms with Gasteiger partial charge < -0.3 is 4.90 Å². The van der Waals surface area contributed by atoms with E-state index in [2.05, 4.69) is 58.2 Å². The first kappa shape index (κ1) is 13.4. The van der Waals surface area contributed by atoms with Gasteiger partial charge in [-0.2, -0.15) is 0 Å². The van der Waals surface area contributed by atoms with E-state index >= 15 is 0 Å². The molecule has 18 heavy (non-hydrogen) atoms. The van der Waals surface area contributed by atoms with Gasteiger partial charge in [-0.05, 0) is 17.2 Å². The Hall–Kier alpha value is -0.990. The Kier molecular flexibility index (Phi) is 4.67. The number of hydrogen-bond acceptors (Lipinski definition) is 1. The van der Waals surface area contributed by atoms with Gasteiger partial charge in [0.2, 0.25) is 0 Å². The Balaban J connectivity index is 2.26. The molecule has 2 aromatic carbocycles. The molecule has 0 radical (unpaired) electrons. The van der Waals surface area contributed by atoms with E-state index in [-0.39, 0.29) is 0 Å². The summed E-state index contributed by atoms with van der Waals surface area (Å²) in [6, 6.07) is 16.4. The number of para-hydroxylation sites is 1. The van der Waals surface area contributed by atoms with Crippen molar-refractivity contribution in [1.82, 2.24) is 0 Å². The van der Waals surface area contributed by atoms with Crippen molar-refractivity contribution in [2.75, 3.05) is 11.9 Å². The average Bonchev–Trinajstić information content (AvgIpc) is 2.39. The number of rotatable bonds is 4. The van der Waals surface area contributed by atoms with Crippen LogP contribution in [0.3, 0.4) is 0 Å². The Bertz CT molecular complexity index is 513. The maximum Gasteiger partial charge on any atom is 0.0642 e. The first-order valence-corrected chi connectivity index (χ1v) is 7.30. The van der Waals surface area contributed by atoms with Crippen LogP contribution in [0.2, 0.25) is 5.02 Å². The molecule has 0 unspecified atom stereocenters. The van der Waals surface area contributed by atoms with Gasteiger partial charge in [0.15, 0.2) is 0 Å². The van der Waals surface area contributed by atoms with E-state index in [1.807, 2.05) is 18.2 Å². The molecule has 2 aromatic rings.